The third-order valence-corrected chi connectivity index (χ3v) is 10.4. The number of carbonyl (C=O) groups is 1. The molecule has 3 heterocycles. The fourth-order valence-electron chi connectivity index (χ4n) is 4.29. The van der Waals surface area contributed by atoms with Crippen molar-refractivity contribution < 1.29 is 17.9 Å². The summed E-state index contributed by atoms with van der Waals surface area (Å²) in [6, 6.07) is 17.8. The van der Waals surface area contributed by atoms with Crippen LogP contribution in [0.4, 0.5) is 5.13 Å². The number of thiazole rings is 1. The minimum Gasteiger partial charge on any atom is -0.497 e. The summed E-state index contributed by atoms with van der Waals surface area (Å²) >= 11 is 2.58. The summed E-state index contributed by atoms with van der Waals surface area (Å²) in [6.07, 6.45) is 2.00. The standard InChI is InChI=1S/C25H25N3O4S3/c1-32-19-12-13-20-22(16-19)34-25(26-20)27(17-18-8-3-2-4-9-18)24(29)21-10-5-6-14-28(21)35(30,31)23-11-7-15-33-23/h2-4,7-9,11-13,15-16,21H,5-6,10,14,17H2,1H3. The Balaban J connectivity index is 1.54. The summed E-state index contributed by atoms with van der Waals surface area (Å²) in [7, 11) is -2.15. The maximum atomic E-state index is 14.1. The Labute approximate surface area is 212 Å². The monoisotopic (exact) mass is 527 g/mol. The summed E-state index contributed by atoms with van der Waals surface area (Å²) in [6.45, 7) is 0.632. The van der Waals surface area contributed by atoms with Gasteiger partial charge < -0.3 is 4.74 Å². The molecule has 0 N–H and O–H groups in total. The van der Waals surface area contributed by atoms with Gasteiger partial charge in [0.05, 0.1) is 23.9 Å². The third-order valence-electron chi connectivity index (χ3n) is 6.06. The number of hydrogen-bond acceptors (Lipinski definition) is 7. The first-order valence-corrected chi connectivity index (χ1v) is 14.5. The van der Waals surface area contributed by atoms with E-state index in [0.717, 1.165) is 28.6 Å². The molecule has 1 amide bonds. The molecule has 1 saturated heterocycles. The minimum absolute atomic E-state index is 0.250. The number of thiophene rings is 1. The van der Waals surface area contributed by atoms with Crippen LogP contribution in [0, 0.1) is 0 Å². The van der Waals surface area contributed by atoms with Crippen molar-refractivity contribution in [1.82, 2.24) is 9.29 Å². The number of sulfonamides is 1. The molecule has 182 valence electrons. The molecule has 0 radical (unpaired) electrons. The van der Waals surface area contributed by atoms with Crippen LogP contribution in [0.15, 0.2) is 70.3 Å². The van der Waals surface area contributed by atoms with Crippen LogP contribution in [-0.2, 0) is 21.4 Å². The Morgan fingerprint density at radius 2 is 1.97 bits per heavy atom. The van der Waals surface area contributed by atoms with Crippen LogP contribution in [-0.4, -0.2) is 43.3 Å². The summed E-state index contributed by atoms with van der Waals surface area (Å²) in [5, 5.41) is 2.28. The van der Waals surface area contributed by atoms with E-state index in [0.29, 0.717) is 30.4 Å². The number of carbonyl (C=O) groups excluding carboxylic acids is 1. The fourth-order valence-corrected chi connectivity index (χ4v) is 8.06. The van der Waals surface area contributed by atoms with E-state index in [1.807, 2.05) is 48.5 Å². The van der Waals surface area contributed by atoms with Crippen LogP contribution in [0.5, 0.6) is 5.75 Å². The van der Waals surface area contributed by atoms with Crippen molar-refractivity contribution in [3.05, 3.63) is 71.6 Å². The van der Waals surface area contributed by atoms with E-state index < -0.39 is 16.1 Å². The third kappa shape index (κ3) is 4.84. The molecule has 5 rings (SSSR count). The Bertz CT molecular complexity index is 1420. The number of fused-ring (bicyclic) bond motifs is 1. The second-order valence-electron chi connectivity index (χ2n) is 8.30. The maximum Gasteiger partial charge on any atom is 0.253 e. The molecule has 35 heavy (non-hydrogen) atoms. The van der Waals surface area contributed by atoms with Gasteiger partial charge in [0.2, 0.25) is 5.91 Å². The van der Waals surface area contributed by atoms with Crippen LogP contribution in [0.2, 0.25) is 0 Å². The molecule has 4 aromatic rings. The van der Waals surface area contributed by atoms with Crippen molar-refractivity contribution in [2.75, 3.05) is 18.6 Å². The Hall–Kier alpha value is -2.79. The predicted octanol–water partition coefficient (Wildman–Crippen LogP) is 5.14. The second-order valence-corrected chi connectivity index (χ2v) is 12.4. The van der Waals surface area contributed by atoms with Gasteiger partial charge in [0, 0.05) is 6.54 Å². The van der Waals surface area contributed by atoms with Crippen molar-refractivity contribution in [2.24, 2.45) is 0 Å². The summed E-state index contributed by atoms with van der Waals surface area (Å²) in [5.41, 5.74) is 1.71. The number of rotatable bonds is 7. The number of aromatic nitrogens is 1. The number of nitrogens with zero attached hydrogens (tertiary/aromatic N) is 3. The van der Waals surface area contributed by atoms with Gasteiger partial charge >= 0.3 is 0 Å². The Morgan fingerprint density at radius 3 is 2.71 bits per heavy atom. The largest absolute Gasteiger partial charge is 0.497 e. The van der Waals surface area contributed by atoms with Crippen molar-refractivity contribution in [3.63, 3.8) is 0 Å². The number of piperidine rings is 1. The molecule has 7 nitrogen and oxygen atoms in total. The highest BCUT2D eigenvalue weighted by Gasteiger charge is 2.40. The normalized spacial score (nSPS) is 16.9. The maximum absolute atomic E-state index is 14.1. The molecular formula is C25H25N3O4S3. The molecule has 1 aliphatic rings. The predicted molar refractivity (Wildman–Crippen MR) is 140 cm³/mol. The van der Waals surface area contributed by atoms with Gasteiger partial charge in [-0.1, -0.05) is 54.2 Å². The van der Waals surface area contributed by atoms with Crippen LogP contribution in [0.1, 0.15) is 24.8 Å². The average Bonchev–Trinajstić information content (AvgIpc) is 3.58. The molecule has 1 unspecified atom stereocenters. The number of hydrogen-bond donors (Lipinski definition) is 0. The average molecular weight is 528 g/mol. The van der Waals surface area contributed by atoms with E-state index >= 15 is 0 Å². The zero-order valence-corrected chi connectivity index (χ0v) is 21.6. The molecule has 1 fully saturated rings. The number of anilines is 1. The van der Waals surface area contributed by atoms with Crippen molar-refractivity contribution in [3.8, 4) is 5.75 Å². The molecule has 2 aromatic heterocycles. The van der Waals surface area contributed by atoms with E-state index in [1.54, 1.807) is 29.5 Å². The SMILES string of the molecule is COc1ccc2nc(N(Cc3ccccc3)C(=O)C3CCCCN3S(=O)(=O)c3cccs3)sc2c1. The van der Waals surface area contributed by atoms with Gasteiger partial charge in [0.15, 0.2) is 5.13 Å². The van der Waals surface area contributed by atoms with Crippen LogP contribution < -0.4 is 9.64 Å². The lowest BCUT2D eigenvalue weighted by molar-refractivity contribution is -0.123. The molecular weight excluding hydrogens is 502 g/mol. The number of ether oxygens (including phenoxy) is 1. The molecule has 0 saturated carbocycles. The summed E-state index contributed by atoms with van der Waals surface area (Å²) in [4.78, 5) is 20.5. The quantitative estimate of drug-likeness (QED) is 0.332. The summed E-state index contributed by atoms with van der Waals surface area (Å²) < 4.78 is 34.8. The number of methoxy groups -OCH3 is 1. The Morgan fingerprint density at radius 1 is 1.14 bits per heavy atom. The molecule has 0 bridgehead atoms. The molecule has 2 aromatic carbocycles. The lowest BCUT2D eigenvalue weighted by Crippen LogP contribution is -2.52. The van der Waals surface area contributed by atoms with Gasteiger partial charge in [0.25, 0.3) is 10.0 Å². The van der Waals surface area contributed by atoms with Gasteiger partial charge in [-0.25, -0.2) is 13.4 Å². The molecule has 1 atom stereocenters. The van der Waals surface area contributed by atoms with Crippen molar-refractivity contribution in [2.45, 2.75) is 36.1 Å². The van der Waals surface area contributed by atoms with Crippen molar-refractivity contribution >= 4 is 54.0 Å². The van der Waals surface area contributed by atoms with Gasteiger partial charge in [0.1, 0.15) is 16.0 Å². The highest BCUT2D eigenvalue weighted by atomic mass is 32.2. The fraction of sp³-hybridized carbons (Fsp3) is 0.280. The van der Waals surface area contributed by atoms with Gasteiger partial charge in [-0.2, -0.15) is 4.31 Å². The first-order chi connectivity index (χ1) is 17.0. The second kappa shape index (κ2) is 10.1. The van der Waals surface area contributed by atoms with E-state index in [1.165, 1.54) is 27.0 Å². The first kappa shape index (κ1) is 23.9. The lowest BCUT2D eigenvalue weighted by atomic mass is 10.0. The minimum atomic E-state index is -3.76. The number of benzene rings is 2. The zero-order valence-electron chi connectivity index (χ0n) is 19.2. The zero-order chi connectivity index (χ0) is 24.4. The van der Waals surface area contributed by atoms with E-state index in [2.05, 4.69) is 0 Å². The van der Waals surface area contributed by atoms with Crippen LogP contribution in [0.3, 0.4) is 0 Å². The topological polar surface area (TPSA) is 79.8 Å². The highest BCUT2D eigenvalue weighted by Crippen LogP contribution is 2.35. The Kier molecular flexibility index (Phi) is 6.88. The molecule has 10 heteroatoms. The van der Waals surface area contributed by atoms with E-state index in [9.17, 15) is 13.2 Å². The van der Waals surface area contributed by atoms with Gasteiger partial charge in [-0.05, 0) is 48.1 Å². The van der Waals surface area contributed by atoms with E-state index in [-0.39, 0.29) is 10.1 Å². The highest BCUT2D eigenvalue weighted by molar-refractivity contribution is 7.91. The first-order valence-electron chi connectivity index (χ1n) is 11.3. The molecule has 0 spiro atoms. The molecule has 1 aliphatic heterocycles. The van der Waals surface area contributed by atoms with Gasteiger partial charge in [-0.3, -0.25) is 9.69 Å². The van der Waals surface area contributed by atoms with Crippen molar-refractivity contribution in [1.29, 1.82) is 0 Å². The van der Waals surface area contributed by atoms with Crippen LogP contribution in [0.25, 0.3) is 10.2 Å². The number of amides is 1. The van der Waals surface area contributed by atoms with E-state index in [4.69, 9.17) is 9.72 Å². The molecule has 0 aliphatic carbocycles. The smallest absolute Gasteiger partial charge is 0.253 e. The lowest BCUT2D eigenvalue weighted by Gasteiger charge is -2.35. The van der Waals surface area contributed by atoms with Crippen LogP contribution >= 0.6 is 22.7 Å². The van der Waals surface area contributed by atoms with Gasteiger partial charge in [-0.15, -0.1) is 11.3 Å². The summed E-state index contributed by atoms with van der Waals surface area (Å²) in [5.74, 6) is 0.467.